The van der Waals surface area contributed by atoms with Gasteiger partial charge in [-0.05, 0) is 56.2 Å². The van der Waals surface area contributed by atoms with Crippen molar-refractivity contribution in [2.45, 2.75) is 114 Å². The summed E-state index contributed by atoms with van der Waals surface area (Å²) < 4.78 is 20.9. The van der Waals surface area contributed by atoms with E-state index in [1.165, 1.54) is 8.48 Å². The van der Waals surface area contributed by atoms with E-state index >= 15 is 0 Å². The average molecular weight is 1140 g/mol. The van der Waals surface area contributed by atoms with Gasteiger partial charge in [-0.15, -0.1) is 0 Å². The minimum atomic E-state index is -0.833. The van der Waals surface area contributed by atoms with Crippen LogP contribution in [0.2, 0.25) is 0 Å². The number of aromatic nitrogens is 2. The van der Waals surface area contributed by atoms with Gasteiger partial charge in [0.2, 0.25) is 11.8 Å². The number of hydrogen-bond donors (Lipinski definition) is 5. The summed E-state index contributed by atoms with van der Waals surface area (Å²) in [6.07, 6.45) is 9.44. The van der Waals surface area contributed by atoms with Gasteiger partial charge >= 0.3 is 192 Å². The summed E-state index contributed by atoms with van der Waals surface area (Å²) >= 11 is -0.369. The van der Waals surface area contributed by atoms with Crippen LogP contribution in [0.15, 0.2) is 95.0 Å². The molecular formula is C56H71IN11O7-. The molecule has 6 atom stereocenters. The number of hydrogen-bond acceptors (Lipinski definition) is 16. The van der Waals surface area contributed by atoms with Crippen molar-refractivity contribution in [2.75, 3.05) is 73.3 Å². The number of rotatable bonds is 16. The number of aliphatic hydroxyl groups is 1. The number of fused-ring (bicyclic) bond motifs is 2. The van der Waals surface area contributed by atoms with Crippen LogP contribution >= 0.6 is 0 Å². The third kappa shape index (κ3) is 12.0. The van der Waals surface area contributed by atoms with Crippen LogP contribution in [0.1, 0.15) is 100 Å². The largest absolute Gasteiger partial charge is 0.358 e. The Morgan fingerprint density at radius 1 is 0.947 bits per heavy atom. The summed E-state index contributed by atoms with van der Waals surface area (Å²) in [7, 11) is 0. The summed E-state index contributed by atoms with van der Waals surface area (Å²) in [6, 6.07) is 22.3. The van der Waals surface area contributed by atoms with Crippen LogP contribution in [-0.2, 0) is 14.3 Å². The third-order valence-corrected chi connectivity index (χ3v) is 18.4. The van der Waals surface area contributed by atoms with E-state index in [0.717, 1.165) is 111 Å². The smallest absolute Gasteiger partial charge is 0.0218 e. The van der Waals surface area contributed by atoms with Gasteiger partial charge in [0.25, 0.3) is 0 Å². The standard InChI is InChI=1S/C56H71IN11O7/c1-35(2)53(56(72)67-33-42(69)27-48(67)55(71)62-36(3)38-10-8-37(30-58)9-11-38)50-29-51(63-75-50)65-22-17-43(18-23-65)73-25-24-64-20-15-44(16-21-64)74-52-26-39(14-19-60-52)68-40-12-13-41(68)32-66(31-40)47-28-46(57-34-61-54(47)59)45-6-4-5-7-49(45)70/h4-11,14,19,26,28-29,35-36,40-44,48,53,61,69-70H,12-13,15-18,20-25,27,31-34,59H2,1-3H3,(H,62,71)/q-1/t36-,40?,41?,42+,48-,53-/m0/s1. The van der Waals surface area contributed by atoms with Gasteiger partial charge in [0, 0.05) is 51.8 Å². The second-order valence-corrected chi connectivity index (χ2v) is 23.9. The summed E-state index contributed by atoms with van der Waals surface area (Å²) in [6.45, 7) is 12.4. The molecule has 400 valence electrons. The summed E-state index contributed by atoms with van der Waals surface area (Å²) in [4.78, 5) is 43.6. The maximum atomic E-state index is 14.2. The molecule has 0 saturated carbocycles. The van der Waals surface area contributed by atoms with Gasteiger partial charge in [-0.1, -0.05) is 31.1 Å². The molecule has 2 aromatic heterocycles. The molecule has 75 heavy (non-hydrogen) atoms. The Balaban J connectivity index is 0.654. The normalized spacial score (nSPS) is 23.8. The molecule has 2 aromatic carbocycles. The van der Waals surface area contributed by atoms with Gasteiger partial charge in [-0.3, -0.25) is 9.59 Å². The number of pyridine rings is 1. The van der Waals surface area contributed by atoms with Gasteiger partial charge in [0.15, 0.2) is 11.6 Å². The molecule has 19 heteroatoms. The number of halogens is 1. The fraction of sp³-hybridized carbons (Fsp3) is 0.518. The molecular weight excluding hydrogens is 1070 g/mol. The predicted molar refractivity (Wildman–Crippen MR) is 280 cm³/mol. The van der Waals surface area contributed by atoms with E-state index < -0.39 is 18.1 Å². The van der Waals surface area contributed by atoms with Gasteiger partial charge in [0.1, 0.15) is 12.0 Å². The Kier molecular flexibility index (Phi) is 16.4. The third-order valence-electron chi connectivity index (χ3n) is 15.9. The number of piperidine rings is 2. The van der Waals surface area contributed by atoms with Crippen molar-refractivity contribution in [1.82, 2.24) is 35.5 Å². The van der Waals surface area contributed by atoms with Crippen molar-refractivity contribution >= 4 is 26.9 Å². The predicted octanol–water partition coefficient (Wildman–Crippen LogP) is 2.23. The van der Waals surface area contributed by atoms with Crippen molar-refractivity contribution < 1.29 is 55.0 Å². The average Bonchev–Trinajstić information content (AvgIpc) is 4.10. The van der Waals surface area contributed by atoms with E-state index in [2.05, 4.69) is 64.7 Å². The van der Waals surface area contributed by atoms with E-state index in [4.69, 9.17) is 25.0 Å². The van der Waals surface area contributed by atoms with Gasteiger partial charge in [0.05, 0.1) is 36.5 Å². The Morgan fingerprint density at radius 2 is 1.68 bits per heavy atom. The van der Waals surface area contributed by atoms with E-state index in [1.54, 1.807) is 30.3 Å². The number of ether oxygens (including phenoxy) is 2. The number of carbonyl (C=O) groups is 2. The summed E-state index contributed by atoms with van der Waals surface area (Å²) in [5.41, 5.74) is 11.1. The molecule has 4 aromatic rings. The van der Waals surface area contributed by atoms with Crippen LogP contribution in [-0.4, -0.2) is 147 Å². The Hall–Kier alpha value is -6.08. The molecule has 2 bridgehead atoms. The Morgan fingerprint density at radius 3 is 2.40 bits per heavy atom. The molecule has 8 heterocycles. The van der Waals surface area contributed by atoms with Gasteiger partial charge in [-0.25, -0.2) is 0 Å². The molecule has 5 saturated heterocycles. The number of likely N-dealkylation sites (tertiary alicyclic amines) is 3. The number of carbonyl (C=O) groups excluding carboxylic acids is 2. The number of aromatic hydroxyl groups is 1. The number of β-amino-alcohol motifs (C(OH)–C–C–N with tert-alkyl or cyclic N) is 1. The van der Waals surface area contributed by atoms with Gasteiger partial charge in [-0.2, -0.15) is 5.26 Å². The van der Waals surface area contributed by atoms with Crippen molar-refractivity contribution in [1.29, 1.82) is 5.26 Å². The zero-order valence-electron chi connectivity index (χ0n) is 43.2. The summed E-state index contributed by atoms with van der Waals surface area (Å²) in [5, 5.41) is 41.4. The molecule has 0 radical (unpaired) electrons. The number of allylic oxidation sites excluding steroid dienone is 1. The number of nitriles is 1. The van der Waals surface area contributed by atoms with Crippen LogP contribution in [0.4, 0.5) is 11.5 Å². The number of alkyl halides is 1. The van der Waals surface area contributed by atoms with Crippen molar-refractivity contribution in [3.63, 3.8) is 0 Å². The molecule has 10 rings (SSSR count). The van der Waals surface area contributed by atoms with E-state index in [0.29, 0.717) is 53.3 Å². The number of benzene rings is 2. The van der Waals surface area contributed by atoms with Crippen LogP contribution in [0.3, 0.4) is 0 Å². The first-order chi connectivity index (χ1) is 36.4. The number of aliphatic hydroxyl groups excluding tert-OH is 1. The van der Waals surface area contributed by atoms with Crippen LogP contribution < -0.4 is 52.1 Å². The molecule has 6 aliphatic heterocycles. The minimum Gasteiger partial charge on any atom is -0.358 e. The monoisotopic (exact) mass is 1140 g/mol. The summed E-state index contributed by atoms with van der Waals surface area (Å²) in [5.74, 6) is 1.39. The first kappa shape index (κ1) is 52.4. The first-order valence-corrected chi connectivity index (χ1v) is 29.3. The van der Waals surface area contributed by atoms with Crippen LogP contribution in [0, 0.1) is 17.2 Å². The van der Waals surface area contributed by atoms with E-state index in [-0.39, 0.29) is 70.2 Å². The number of nitrogens with two attached hydrogens (primary N) is 1. The molecule has 2 amide bonds. The molecule has 6 aliphatic rings. The SMILES string of the molecule is CC(C)[C@H](C(=O)N1C[C@H](O)C[C@H]1C(=O)N[C@@H](C)c1ccc(C#N)cc1)c1cc(N2CCC(OCCN3CCC(Oc4cc(N5C6CCC5CN(C5=C(N)NC[I-]C(c7ccccc7O)=C5)C6)ccn4)CC3)CC2)no1. The fourth-order valence-corrected chi connectivity index (χ4v) is 14.2. The minimum absolute atomic E-state index is 0.0559. The Labute approximate surface area is 450 Å². The molecule has 0 aliphatic carbocycles. The molecule has 6 N–H and O–H groups in total. The van der Waals surface area contributed by atoms with Crippen molar-refractivity contribution in [3.8, 4) is 17.7 Å². The quantitative estimate of drug-likeness (QED) is 0.0617. The molecule has 2 unspecified atom stereocenters. The van der Waals surface area contributed by atoms with Crippen LogP contribution in [0.5, 0.6) is 11.6 Å². The maximum Gasteiger partial charge on any atom is 0.0218 e. The molecule has 5 fully saturated rings. The number of phenolic OH excluding ortho intramolecular Hbond substituents is 1. The number of nitrogens with zero attached hydrogens (tertiary/aromatic N) is 8. The van der Waals surface area contributed by atoms with E-state index in [1.807, 2.05) is 51.2 Å². The molecule has 18 nitrogen and oxygen atoms in total. The topological polar surface area (TPSA) is 222 Å². The fourth-order valence-electron chi connectivity index (χ4n) is 11.8. The molecule has 0 spiro atoms. The number of piperazine rings is 1. The number of anilines is 2. The van der Waals surface area contributed by atoms with E-state index in [9.17, 15) is 19.8 Å². The number of para-hydroxylation sites is 1. The second-order valence-electron chi connectivity index (χ2n) is 21.2. The Bertz CT molecular complexity index is 2730. The number of amides is 2. The zero-order chi connectivity index (χ0) is 52.2. The number of phenols is 1. The van der Waals surface area contributed by atoms with Gasteiger partial charge < -0.3 is 34.4 Å². The zero-order valence-corrected chi connectivity index (χ0v) is 45.3. The second kappa shape index (κ2) is 23.4. The van der Waals surface area contributed by atoms with Crippen molar-refractivity contribution in [3.05, 3.63) is 113 Å². The van der Waals surface area contributed by atoms with Crippen molar-refractivity contribution in [2.24, 2.45) is 11.7 Å². The van der Waals surface area contributed by atoms with Crippen LogP contribution in [0.25, 0.3) is 3.58 Å². The first-order valence-electron chi connectivity index (χ1n) is 26.7. The number of nitrogens with one attached hydrogen (secondary N) is 2. The maximum absolute atomic E-state index is 14.2.